The van der Waals surface area contributed by atoms with Gasteiger partial charge in [-0.3, -0.25) is 10.1 Å². The molecule has 0 saturated heterocycles. The Hall–Kier alpha value is -2.47. The summed E-state index contributed by atoms with van der Waals surface area (Å²) in [6.07, 6.45) is 3.13. The number of rotatable bonds is 3. The van der Waals surface area contributed by atoms with E-state index in [9.17, 15) is 9.18 Å². The lowest BCUT2D eigenvalue weighted by Crippen LogP contribution is -2.10. The minimum atomic E-state index is -0.384. The van der Waals surface area contributed by atoms with E-state index in [1.165, 1.54) is 22.3 Å². The van der Waals surface area contributed by atoms with Crippen LogP contribution in [0.25, 0.3) is 11.3 Å². The van der Waals surface area contributed by atoms with E-state index >= 15 is 0 Å². The van der Waals surface area contributed by atoms with E-state index in [-0.39, 0.29) is 17.5 Å². The molecule has 1 N–H and O–H groups in total. The topological polar surface area (TPSA) is 55.1 Å². The van der Waals surface area contributed by atoms with Crippen LogP contribution in [0.4, 0.5) is 9.52 Å². The van der Waals surface area contributed by atoms with E-state index in [1.54, 1.807) is 30.3 Å². The van der Waals surface area contributed by atoms with Crippen molar-refractivity contribution in [3.05, 3.63) is 58.5 Å². The van der Waals surface area contributed by atoms with Gasteiger partial charge in [0.05, 0.1) is 11.3 Å². The summed E-state index contributed by atoms with van der Waals surface area (Å²) in [6.45, 7) is 0. The lowest BCUT2D eigenvalue weighted by Gasteiger charge is -2.00. The van der Waals surface area contributed by atoms with E-state index < -0.39 is 0 Å². The molecule has 0 atom stereocenters. The van der Waals surface area contributed by atoms with Crippen molar-refractivity contribution in [3.63, 3.8) is 0 Å². The maximum atomic E-state index is 13.8. The van der Waals surface area contributed by atoms with Gasteiger partial charge in [0, 0.05) is 4.88 Å². The van der Waals surface area contributed by atoms with Gasteiger partial charge in [0.1, 0.15) is 11.6 Å². The molecule has 1 aromatic carbocycles. The molecule has 2 aromatic heterocycles. The number of amides is 1. The first kappa shape index (κ1) is 14.1. The van der Waals surface area contributed by atoms with Gasteiger partial charge in [-0.1, -0.05) is 12.1 Å². The zero-order chi connectivity index (χ0) is 15.8. The van der Waals surface area contributed by atoms with Gasteiger partial charge in [0.25, 0.3) is 5.91 Å². The van der Waals surface area contributed by atoms with Crippen LogP contribution in [-0.4, -0.2) is 10.9 Å². The van der Waals surface area contributed by atoms with Gasteiger partial charge in [-0.2, -0.15) is 0 Å². The number of aryl methyl sites for hydroxylation is 2. The zero-order valence-corrected chi connectivity index (χ0v) is 13.0. The largest absolute Gasteiger partial charge is 0.451 e. The van der Waals surface area contributed by atoms with E-state index in [1.807, 2.05) is 0 Å². The van der Waals surface area contributed by atoms with E-state index in [2.05, 4.69) is 10.3 Å². The normalized spacial score (nSPS) is 13.1. The molecule has 0 saturated carbocycles. The third-order valence-corrected chi connectivity index (χ3v) is 4.86. The predicted octanol–water partition coefficient (Wildman–Crippen LogP) is 4.28. The Kier molecular flexibility index (Phi) is 3.46. The number of anilines is 1. The molecule has 6 heteroatoms. The Labute approximate surface area is 136 Å². The summed E-state index contributed by atoms with van der Waals surface area (Å²) in [4.78, 5) is 17.9. The minimum Gasteiger partial charge on any atom is -0.451 e. The van der Waals surface area contributed by atoms with Crippen molar-refractivity contribution < 1.29 is 13.6 Å². The van der Waals surface area contributed by atoms with Crippen LogP contribution in [0.15, 0.2) is 40.8 Å². The number of furan rings is 1. The Bertz CT molecular complexity index is 863. The second kappa shape index (κ2) is 5.62. The molecule has 4 rings (SSSR count). The van der Waals surface area contributed by atoms with E-state index in [4.69, 9.17) is 4.42 Å². The van der Waals surface area contributed by atoms with Gasteiger partial charge in [-0.05, 0) is 43.5 Å². The third-order valence-electron chi connectivity index (χ3n) is 3.79. The summed E-state index contributed by atoms with van der Waals surface area (Å²) in [5, 5.41) is 3.33. The van der Waals surface area contributed by atoms with Crippen molar-refractivity contribution in [1.82, 2.24) is 4.98 Å². The van der Waals surface area contributed by atoms with Crippen molar-refractivity contribution in [2.75, 3.05) is 5.32 Å². The number of carbonyl (C=O) groups is 1. The van der Waals surface area contributed by atoms with Crippen molar-refractivity contribution in [2.45, 2.75) is 19.3 Å². The number of thiazole rings is 1. The molecule has 0 bridgehead atoms. The van der Waals surface area contributed by atoms with Gasteiger partial charge in [0.2, 0.25) is 0 Å². The Balaban J connectivity index is 1.54. The Morgan fingerprint density at radius 1 is 1.22 bits per heavy atom. The molecule has 0 radical (unpaired) electrons. The molecular weight excluding hydrogens is 315 g/mol. The second-order valence-corrected chi connectivity index (χ2v) is 6.42. The Morgan fingerprint density at radius 3 is 2.91 bits per heavy atom. The average molecular weight is 328 g/mol. The Morgan fingerprint density at radius 2 is 2.09 bits per heavy atom. The maximum absolute atomic E-state index is 13.8. The molecule has 1 amide bonds. The molecule has 23 heavy (non-hydrogen) atoms. The third kappa shape index (κ3) is 2.66. The number of nitrogens with zero attached hydrogens (tertiary/aromatic N) is 1. The average Bonchev–Trinajstić information content (AvgIpc) is 3.22. The highest BCUT2D eigenvalue weighted by atomic mass is 32.1. The zero-order valence-electron chi connectivity index (χ0n) is 12.1. The minimum absolute atomic E-state index is 0.138. The van der Waals surface area contributed by atoms with Crippen LogP contribution in [0.2, 0.25) is 0 Å². The molecule has 0 aliphatic heterocycles. The molecular formula is C17H13FN2O2S. The highest BCUT2D eigenvalue weighted by molar-refractivity contribution is 7.15. The smallest absolute Gasteiger partial charge is 0.293 e. The number of carbonyl (C=O) groups excluding carboxylic acids is 1. The van der Waals surface area contributed by atoms with Crippen LogP contribution in [0.5, 0.6) is 0 Å². The number of benzene rings is 1. The SMILES string of the molecule is O=C(Nc1nc2c(s1)CCC2)c1ccc(-c2ccccc2F)o1. The number of fused-ring (bicyclic) bond motifs is 1. The number of aromatic nitrogens is 1. The number of hydrogen-bond donors (Lipinski definition) is 1. The molecule has 0 fully saturated rings. The van der Waals surface area contributed by atoms with E-state index in [0.717, 1.165) is 25.0 Å². The molecule has 0 spiro atoms. The van der Waals surface area contributed by atoms with E-state index in [0.29, 0.717) is 16.5 Å². The fourth-order valence-corrected chi connectivity index (χ4v) is 3.71. The molecule has 2 heterocycles. The van der Waals surface area contributed by atoms with Crippen LogP contribution in [0.3, 0.4) is 0 Å². The second-order valence-electron chi connectivity index (χ2n) is 5.34. The highest BCUT2D eigenvalue weighted by Crippen LogP contribution is 2.31. The van der Waals surface area contributed by atoms with Crippen molar-refractivity contribution >= 4 is 22.4 Å². The predicted molar refractivity (Wildman–Crippen MR) is 86.2 cm³/mol. The van der Waals surface area contributed by atoms with Gasteiger partial charge in [0.15, 0.2) is 10.9 Å². The first-order valence-corrected chi connectivity index (χ1v) is 8.17. The molecule has 4 nitrogen and oxygen atoms in total. The lowest BCUT2D eigenvalue weighted by atomic mass is 10.1. The number of halogens is 1. The van der Waals surface area contributed by atoms with Crippen molar-refractivity contribution in [1.29, 1.82) is 0 Å². The van der Waals surface area contributed by atoms with Crippen molar-refractivity contribution in [3.8, 4) is 11.3 Å². The molecule has 3 aromatic rings. The summed E-state index contributed by atoms with van der Waals surface area (Å²) < 4.78 is 19.2. The molecule has 1 aliphatic carbocycles. The first-order chi connectivity index (χ1) is 11.2. The molecule has 116 valence electrons. The van der Waals surface area contributed by atoms with Crippen LogP contribution in [-0.2, 0) is 12.8 Å². The van der Waals surface area contributed by atoms with Gasteiger partial charge < -0.3 is 4.42 Å². The van der Waals surface area contributed by atoms with Gasteiger partial charge in [-0.25, -0.2) is 9.37 Å². The fourth-order valence-electron chi connectivity index (χ4n) is 2.67. The number of nitrogens with one attached hydrogen (secondary N) is 1. The monoisotopic (exact) mass is 328 g/mol. The van der Waals surface area contributed by atoms with Gasteiger partial charge in [-0.15, -0.1) is 11.3 Å². The van der Waals surface area contributed by atoms with Gasteiger partial charge >= 0.3 is 0 Å². The molecule has 1 aliphatic rings. The first-order valence-electron chi connectivity index (χ1n) is 7.35. The quantitative estimate of drug-likeness (QED) is 0.780. The van der Waals surface area contributed by atoms with Crippen LogP contribution < -0.4 is 5.32 Å². The summed E-state index contributed by atoms with van der Waals surface area (Å²) in [6, 6.07) is 9.43. The summed E-state index contributed by atoms with van der Waals surface area (Å²) in [7, 11) is 0. The van der Waals surface area contributed by atoms with Crippen LogP contribution >= 0.6 is 11.3 Å². The lowest BCUT2D eigenvalue weighted by molar-refractivity contribution is 0.0997. The summed E-state index contributed by atoms with van der Waals surface area (Å²) >= 11 is 1.51. The highest BCUT2D eigenvalue weighted by Gasteiger charge is 2.20. The van der Waals surface area contributed by atoms with Crippen LogP contribution in [0.1, 0.15) is 27.5 Å². The molecule has 0 unspecified atom stereocenters. The number of hydrogen-bond acceptors (Lipinski definition) is 4. The summed E-state index contributed by atoms with van der Waals surface area (Å²) in [5.41, 5.74) is 1.41. The summed E-state index contributed by atoms with van der Waals surface area (Å²) in [5.74, 6) is -0.293. The fraction of sp³-hybridized carbons (Fsp3) is 0.176. The standard InChI is InChI=1S/C17H13FN2O2S/c18-11-5-2-1-4-10(11)13-8-9-14(22-13)16(21)20-17-19-12-6-3-7-15(12)23-17/h1-2,4-5,8-9H,3,6-7H2,(H,19,20,21). The maximum Gasteiger partial charge on any atom is 0.293 e. The van der Waals surface area contributed by atoms with Crippen LogP contribution in [0, 0.1) is 5.82 Å². The van der Waals surface area contributed by atoms with Crippen molar-refractivity contribution in [2.24, 2.45) is 0 Å².